The molecule has 0 saturated carbocycles. The first-order chi connectivity index (χ1) is 13.3. The van der Waals surface area contributed by atoms with E-state index in [0.717, 1.165) is 38.4 Å². The van der Waals surface area contributed by atoms with Gasteiger partial charge in [-0.05, 0) is 56.6 Å². The summed E-state index contributed by atoms with van der Waals surface area (Å²) in [6.07, 6.45) is 9.45. The zero-order chi connectivity index (χ0) is 18.9. The number of nitrogens with one attached hydrogen (secondary N) is 2. The summed E-state index contributed by atoms with van der Waals surface area (Å²) in [6.45, 7) is 5.37. The molecule has 1 aromatic carbocycles. The van der Waals surface area contributed by atoms with Crippen LogP contribution in [0.25, 0.3) is 0 Å². The maximum atomic E-state index is 12.6. The highest BCUT2D eigenvalue weighted by atomic mass is 127. The van der Waals surface area contributed by atoms with Crippen molar-refractivity contribution < 1.29 is 4.79 Å². The number of aliphatic imine (C=N–C) groups is 1. The zero-order valence-electron chi connectivity index (χ0n) is 16.9. The van der Waals surface area contributed by atoms with Gasteiger partial charge in [0.2, 0.25) is 5.91 Å². The number of carbonyl (C=O) groups is 1. The van der Waals surface area contributed by atoms with Crippen LogP contribution >= 0.6 is 24.0 Å². The van der Waals surface area contributed by atoms with Crippen molar-refractivity contribution in [1.82, 2.24) is 15.5 Å². The third-order valence-corrected chi connectivity index (χ3v) is 5.32. The minimum absolute atomic E-state index is 0. The summed E-state index contributed by atoms with van der Waals surface area (Å²) in [6, 6.07) is 8.38. The fraction of sp³-hybridized carbons (Fsp3) is 0.545. The lowest BCUT2D eigenvalue weighted by atomic mass is 9.97. The predicted octanol–water partition coefficient (Wildman–Crippen LogP) is 3.63. The Morgan fingerprint density at radius 3 is 2.71 bits per heavy atom. The van der Waals surface area contributed by atoms with Crippen molar-refractivity contribution in [2.45, 2.75) is 52.0 Å². The maximum absolute atomic E-state index is 12.6. The van der Waals surface area contributed by atoms with Gasteiger partial charge in [0, 0.05) is 26.2 Å². The minimum atomic E-state index is 0. The molecule has 0 radical (unpaired) electrons. The van der Waals surface area contributed by atoms with Gasteiger partial charge in [0.25, 0.3) is 0 Å². The minimum Gasteiger partial charge on any atom is -0.357 e. The third kappa shape index (κ3) is 6.79. The summed E-state index contributed by atoms with van der Waals surface area (Å²) >= 11 is 0. The van der Waals surface area contributed by atoms with Gasteiger partial charge < -0.3 is 15.5 Å². The summed E-state index contributed by atoms with van der Waals surface area (Å²) in [5, 5.41) is 6.61. The Morgan fingerprint density at radius 1 is 1.14 bits per heavy atom. The molecular formula is C22H33IN4O. The molecule has 1 aromatic rings. The first-order valence-corrected chi connectivity index (χ1v) is 10.3. The molecule has 3 rings (SSSR count). The van der Waals surface area contributed by atoms with Crippen LogP contribution in [0, 0.1) is 0 Å². The molecule has 28 heavy (non-hydrogen) atoms. The second-order valence-electron chi connectivity index (χ2n) is 7.31. The number of allylic oxidation sites excluding steroid dienone is 1. The highest BCUT2D eigenvalue weighted by Crippen LogP contribution is 2.19. The van der Waals surface area contributed by atoms with Crippen LogP contribution in [0.2, 0.25) is 0 Å². The van der Waals surface area contributed by atoms with Crippen molar-refractivity contribution in [2.75, 3.05) is 26.2 Å². The zero-order valence-corrected chi connectivity index (χ0v) is 19.2. The van der Waals surface area contributed by atoms with E-state index in [9.17, 15) is 4.79 Å². The lowest BCUT2D eigenvalue weighted by molar-refractivity contribution is -0.130. The fourth-order valence-electron chi connectivity index (χ4n) is 3.77. The van der Waals surface area contributed by atoms with Crippen molar-refractivity contribution >= 4 is 35.8 Å². The van der Waals surface area contributed by atoms with E-state index < -0.39 is 0 Å². The Balaban J connectivity index is 0.00000280. The van der Waals surface area contributed by atoms with Crippen LogP contribution in [-0.4, -0.2) is 42.9 Å². The number of guanidine groups is 1. The molecule has 1 amide bonds. The molecule has 2 aliphatic rings. The van der Waals surface area contributed by atoms with Crippen molar-refractivity contribution in [3.8, 4) is 0 Å². The molecule has 1 heterocycles. The number of benzene rings is 1. The van der Waals surface area contributed by atoms with Gasteiger partial charge >= 0.3 is 0 Å². The number of amides is 1. The van der Waals surface area contributed by atoms with Crippen molar-refractivity contribution in [3.63, 3.8) is 0 Å². The highest BCUT2D eigenvalue weighted by molar-refractivity contribution is 14.0. The monoisotopic (exact) mass is 496 g/mol. The summed E-state index contributed by atoms with van der Waals surface area (Å²) in [5.74, 6) is 0.830. The SMILES string of the molecule is CCNC(=NCC(=O)N1CCc2ccccc2C1)NCCC1=CCCCC1.I. The van der Waals surface area contributed by atoms with E-state index in [4.69, 9.17) is 0 Å². The Hall–Kier alpha value is -1.57. The van der Waals surface area contributed by atoms with E-state index in [-0.39, 0.29) is 36.4 Å². The lowest BCUT2D eigenvalue weighted by Crippen LogP contribution is -2.40. The normalized spacial score (nSPS) is 16.5. The Kier molecular flexibility index (Phi) is 9.81. The fourth-order valence-corrected chi connectivity index (χ4v) is 3.77. The number of nitrogens with zero attached hydrogens (tertiary/aromatic N) is 2. The number of hydrogen-bond donors (Lipinski definition) is 2. The molecule has 5 nitrogen and oxygen atoms in total. The van der Waals surface area contributed by atoms with Gasteiger partial charge in [-0.15, -0.1) is 24.0 Å². The number of halogens is 1. The molecule has 1 aliphatic carbocycles. The Bertz CT molecular complexity index is 702. The maximum Gasteiger partial charge on any atom is 0.244 e. The number of rotatable bonds is 6. The molecule has 2 N–H and O–H groups in total. The van der Waals surface area contributed by atoms with Crippen molar-refractivity contribution in [2.24, 2.45) is 4.99 Å². The highest BCUT2D eigenvalue weighted by Gasteiger charge is 2.20. The number of fused-ring (bicyclic) bond motifs is 1. The topological polar surface area (TPSA) is 56.7 Å². The molecule has 0 unspecified atom stereocenters. The molecule has 1 aliphatic heterocycles. The molecule has 0 saturated heterocycles. The smallest absolute Gasteiger partial charge is 0.244 e. The molecule has 6 heteroatoms. The van der Waals surface area contributed by atoms with Crippen LogP contribution < -0.4 is 10.6 Å². The standard InChI is InChI=1S/C22H32N4O.HI/c1-2-23-22(24-14-12-18-8-4-3-5-9-18)25-16-21(27)26-15-13-19-10-6-7-11-20(19)17-26;/h6-8,10-11H,2-5,9,12-17H2,1H3,(H2,23,24,25);1H. The van der Waals surface area contributed by atoms with E-state index in [0.29, 0.717) is 6.54 Å². The average Bonchev–Trinajstić information content (AvgIpc) is 2.72. The van der Waals surface area contributed by atoms with Crippen molar-refractivity contribution in [3.05, 3.63) is 47.0 Å². The van der Waals surface area contributed by atoms with Gasteiger partial charge in [-0.2, -0.15) is 0 Å². The van der Waals surface area contributed by atoms with Gasteiger partial charge in [0.05, 0.1) is 0 Å². The molecule has 0 aromatic heterocycles. The first-order valence-electron chi connectivity index (χ1n) is 10.3. The van der Waals surface area contributed by atoms with Gasteiger partial charge in [-0.3, -0.25) is 4.79 Å². The van der Waals surface area contributed by atoms with Crippen LogP contribution in [0.4, 0.5) is 0 Å². The second kappa shape index (κ2) is 12.1. The second-order valence-corrected chi connectivity index (χ2v) is 7.31. The molecular weight excluding hydrogens is 463 g/mol. The van der Waals surface area contributed by atoms with Gasteiger partial charge in [0.15, 0.2) is 5.96 Å². The van der Waals surface area contributed by atoms with Crippen LogP contribution in [0.1, 0.15) is 50.2 Å². The average molecular weight is 496 g/mol. The summed E-state index contributed by atoms with van der Waals surface area (Å²) in [4.78, 5) is 19.0. The lowest BCUT2D eigenvalue weighted by Gasteiger charge is -2.28. The molecule has 154 valence electrons. The summed E-state index contributed by atoms with van der Waals surface area (Å²) in [7, 11) is 0. The van der Waals surface area contributed by atoms with Crippen LogP contribution in [-0.2, 0) is 17.8 Å². The number of hydrogen-bond acceptors (Lipinski definition) is 2. The van der Waals surface area contributed by atoms with Crippen LogP contribution in [0.15, 0.2) is 40.9 Å². The molecule has 0 fully saturated rings. The van der Waals surface area contributed by atoms with Crippen LogP contribution in [0.3, 0.4) is 0 Å². The van der Waals surface area contributed by atoms with E-state index in [1.165, 1.54) is 36.8 Å². The van der Waals surface area contributed by atoms with E-state index in [1.807, 2.05) is 17.9 Å². The Morgan fingerprint density at radius 2 is 1.96 bits per heavy atom. The molecule has 0 bridgehead atoms. The van der Waals surface area contributed by atoms with E-state index in [1.54, 1.807) is 5.57 Å². The van der Waals surface area contributed by atoms with Gasteiger partial charge in [-0.1, -0.05) is 35.9 Å². The van der Waals surface area contributed by atoms with Crippen molar-refractivity contribution in [1.29, 1.82) is 0 Å². The predicted molar refractivity (Wildman–Crippen MR) is 126 cm³/mol. The van der Waals surface area contributed by atoms with Gasteiger partial charge in [0.1, 0.15) is 6.54 Å². The largest absolute Gasteiger partial charge is 0.357 e. The molecule has 0 atom stereocenters. The quantitative estimate of drug-likeness (QED) is 0.274. The van der Waals surface area contributed by atoms with E-state index >= 15 is 0 Å². The summed E-state index contributed by atoms with van der Waals surface area (Å²) < 4.78 is 0. The Labute approximate surface area is 186 Å². The van der Waals surface area contributed by atoms with E-state index in [2.05, 4.69) is 39.9 Å². The van der Waals surface area contributed by atoms with Gasteiger partial charge in [-0.25, -0.2) is 4.99 Å². The van der Waals surface area contributed by atoms with Crippen LogP contribution in [0.5, 0.6) is 0 Å². The first kappa shape index (κ1) is 22.7. The number of carbonyl (C=O) groups excluding carboxylic acids is 1. The molecule has 0 spiro atoms. The third-order valence-electron chi connectivity index (χ3n) is 5.32. The summed E-state index contributed by atoms with van der Waals surface area (Å²) in [5.41, 5.74) is 4.16.